The van der Waals surface area contributed by atoms with E-state index < -0.39 is 17.9 Å². The van der Waals surface area contributed by atoms with Crippen LogP contribution in [0.4, 0.5) is 28.9 Å². The Hall–Kier alpha value is -2.87. The van der Waals surface area contributed by atoms with Crippen LogP contribution >= 0.6 is 11.3 Å². The number of piperazine rings is 1. The van der Waals surface area contributed by atoms with Crippen LogP contribution in [0.5, 0.6) is 0 Å². The van der Waals surface area contributed by atoms with Crippen molar-refractivity contribution in [2.45, 2.75) is 6.18 Å². The van der Waals surface area contributed by atoms with E-state index in [1.54, 1.807) is 18.3 Å². The lowest BCUT2D eigenvalue weighted by Gasteiger charge is -2.35. The van der Waals surface area contributed by atoms with Crippen molar-refractivity contribution in [3.05, 3.63) is 35.0 Å². The van der Waals surface area contributed by atoms with Crippen LogP contribution < -0.4 is 10.2 Å². The summed E-state index contributed by atoms with van der Waals surface area (Å²) in [4.78, 5) is 23.2. The summed E-state index contributed by atoms with van der Waals surface area (Å²) < 4.78 is 37.6. The summed E-state index contributed by atoms with van der Waals surface area (Å²) >= 11 is 0.725. The maximum absolute atomic E-state index is 12.5. The van der Waals surface area contributed by atoms with E-state index in [2.05, 4.69) is 21.4 Å². The highest BCUT2D eigenvalue weighted by molar-refractivity contribution is 7.13. The Morgan fingerprint density at radius 2 is 2.04 bits per heavy atom. The summed E-state index contributed by atoms with van der Waals surface area (Å²) in [6.45, 7) is 1.63. The van der Waals surface area contributed by atoms with Crippen LogP contribution in [-0.4, -0.2) is 47.1 Å². The molecule has 0 bridgehead atoms. The van der Waals surface area contributed by atoms with E-state index in [9.17, 15) is 18.0 Å². The zero-order valence-electron chi connectivity index (χ0n) is 13.3. The molecule has 1 N–H and O–H groups in total. The lowest BCUT2D eigenvalue weighted by atomic mass is 10.2. The van der Waals surface area contributed by atoms with Crippen molar-refractivity contribution >= 4 is 28.3 Å². The third-order valence-electron chi connectivity index (χ3n) is 3.78. The minimum absolute atomic E-state index is 0.0961. The largest absolute Gasteiger partial charge is 0.434 e. The van der Waals surface area contributed by atoms with Crippen molar-refractivity contribution in [2.75, 3.05) is 36.4 Å². The van der Waals surface area contributed by atoms with E-state index in [0.717, 1.165) is 16.7 Å². The molecule has 3 rings (SSSR count). The molecule has 0 atom stereocenters. The summed E-state index contributed by atoms with van der Waals surface area (Å²) in [7, 11) is 0. The van der Waals surface area contributed by atoms with Crippen molar-refractivity contribution in [3.8, 4) is 6.07 Å². The smallest absolute Gasteiger partial charge is 0.352 e. The Labute approximate surface area is 150 Å². The number of nitrogens with one attached hydrogen (secondary N) is 1. The molecule has 1 aliphatic rings. The number of carbonyl (C=O) groups excluding carboxylic acids is 1. The first-order valence-corrected chi connectivity index (χ1v) is 8.45. The number of carbonyl (C=O) groups is 1. The van der Waals surface area contributed by atoms with E-state index in [-0.39, 0.29) is 5.13 Å². The van der Waals surface area contributed by atoms with Crippen LogP contribution in [0.15, 0.2) is 23.7 Å². The minimum Gasteiger partial charge on any atom is -0.352 e. The number of urea groups is 1. The van der Waals surface area contributed by atoms with Crippen molar-refractivity contribution in [2.24, 2.45) is 0 Å². The molecule has 0 saturated carbocycles. The Kier molecular flexibility index (Phi) is 4.94. The maximum Gasteiger partial charge on any atom is 0.434 e. The van der Waals surface area contributed by atoms with Gasteiger partial charge in [0.25, 0.3) is 0 Å². The molecule has 0 radical (unpaired) electrons. The molecule has 0 aliphatic carbocycles. The molecular weight excluding hydrogens is 369 g/mol. The lowest BCUT2D eigenvalue weighted by molar-refractivity contribution is -0.140. The van der Waals surface area contributed by atoms with Crippen molar-refractivity contribution in [1.29, 1.82) is 5.26 Å². The number of nitriles is 1. The molecule has 2 aromatic heterocycles. The predicted octanol–water partition coefficient (Wildman–Crippen LogP) is 2.78. The van der Waals surface area contributed by atoms with Crippen molar-refractivity contribution < 1.29 is 18.0 Å². The molecule has 11 heteroatoms. The Balaban J connectivity index is 1.59. The van der Waals surface area contributed by atoms with Gasteiger partial charge in [0.05, 0.1) is 5.56 Å². The fraction of sp³-hybridized carbons (Fsp3) is 0.333. The summed E-state index contributed by atoms with van der Waals surface area (Å²) in [5, 5.41) is 12.3. The van der Waals surface area contributed by atoms with Crippen LogP contribution in [0, 0.1) is 11.3 Å². The van der Waals surface area contributed by atoms with E-state index >= 15 is 0 Å². The van der Waals surface area contributed by atoms with E-state index in [4.69, 9.17) is 5.26 Å². The summed E-state index contributed by atoms with van der Waals surface area (Å²) in [6, 6.07) is 4.92. The Morgan fingerprint density at radius 1 is 1.31 bits per heavy atom. The second-order valence-corrected chi connectivity index (χ2v) is 6.28. The van der Waals surface area contributed by atoms with E-state index in [1.807, 2.05) is 4.90 Å². The molecule has 0 unspecified atom stereocenters. The van der Waals surface area contributed by atoms with Gasteiger partial charge < -0.3 is 9.80 Å². The Morgan fingerprint density at radius 3 is 2.65 bits per heavy atom. The number of halogens is 3. The van der Waals surface area contributed by atoms with Crippen LogP contribution in [0.3, 0.4) is 0 Å². The fourth-order valence-corrected chi connectivity index (χ4v) is 3.20. The third kappa shape index (κ3) is 3.85. The number of hydrogen-bond donors (Lipinski definition) is 1. The molecule has 2 amide bonds. The van der Waals surface area contributed by atoms with Gasteiger partial charge in [-0.3, -0.25) is 5.32 Å². The number of thiazole rings is 1. The maximum atomic E-state index is 12.5. The molecule has 7 nitrogen and oxygen atoms in total. The van der Waals surface area contributed by atoms with E-state index in [1.165, 1.54) is 4.90 Å². The molecule has 0 spiro atoms. The molecule has 1 aliphatic heterocycles. The third-order valence-corrected chi connectivity index (χ3v) is 4.54. The number of alkyl halides is 3. The van der Waals surface area contributed by atoms with Gasteiger partial charge in [-0.2, -0.15) is 18.4 Å². The van der Waals surface area contributed by atoms with E-state index in [0.29, 0.717) is 37.6 Å². The van der Waals surface area contributed by atoms with Gasteiger partial charge in [-0.15, -0.1) is 11.3 Å². The first kappa shape index (κ1) is 17.9. The molecule has 0 aromatic carbocycles. The van der Waals surface area contributed by atoms with Gasteiger partial charge in [0.1, 0.15) is 11.9 Å². The zero-order valence-corrected chi connectivity index (χ0v) is 14.1. The van der Waals surface area contributed by atoms with Crippen LogP contribution in [0.2, 0.25) is 0 Å². The fourth-order valence-electron chi connectivity index (χ4n) is 2.49. The van der Waals surface area contributed by atoms with Gasteiger partial charge in [-0.25, -0.2) is 14.8 Å². The zero-order chi connectivity index (χ0) is 18.7. The molecule has 26 heavy (non-hydrogen) atoms. The monoisotopic (exact) mass is 382 g/mol. The molecule has 2 aromatic rings. The van der Waals surface area contributed by atoms with Gasteiger partial charge in [-0.1, -0.05) is 0 Å². The average molecular weight is 382 g/mol. The molecule has 3 heterocycles. The first-order valence-electron chi connectivity index (χ1n) is 7.57. The number of aromatic nitrogens is 2. The first-order chi connectivity index (χ1) is 12.4. The van der Waals surface area contributed by atoms with Crippen molar-refractivity contribution in [3.63, 3.8) is 0 Å². The molecule has 136 valence electrons. The van der Waals surface area contributed by atoms with Gasteiger partial charge in [0.15, 0.2) is 10.8 Å². The van der Waals surface area contributed by atoms with Crippen LogP contribution in [0.1, 0.15) is 11.3 Å². The van der Waals surface area contributed by atoms with Gasteiger partial charge in [-0.05, 0) is 12.1 Å². The number of hydrogen-bond acceptors (Lipinski definition) is 6. The molecular formula is C15H13F3N6OS. The van der Waals surface area contributed by atoms with Crippen LogP contribution in [0.25, 0.3) is 0 Å². The number of nitrogens with zero attached hydrogens (tertiary/aromatic N) is 5. The highest BCUT2D eigenvalue weighted by atomic mass is 32.1. The van der Waals surface area contributed by atoms with Gasteiger partial charge in [0, 0.05) is 37.8 Å². The number of pyridine rings is 1. The highest BCUT2D eigenvalue weighted by Crippen LogP contribution is 2.31. The Bertz CT molecular complexity index is 838. The number of anilines is 2. The lowest BCUT2D eigenvalue weighted by Crippen LogP contribution is -2.50. The normalized spacial score (nSPS) is 14.8. The number of amides is 2. The SMILES string of the molecule is N#Cc1cccnc1N1CCN(C(=O)Nc2nc(C(F)(F)F)cs2)CC1. The summed E-state index contributed by atoms with van der Waals surface area (Å²) in [6.07, 6.45) is -2.94. The van der Waals surface area contributed by atoms with Gasteiger partial charge in [0.2, 0.25) is 0 Å². The summed E-state index contributed by atoms with van der Waals surface area (Å²) in [5.41, 5.74) is -0.574. The topological polar surface area (TPSA) is 85.2 Å². The second kappa shape index (κ2) is 7.17. The summed E-state index contributed by atoms with van der Waals surface area (Å²) in [5.74, 6) is 0.560. The standard InChI is InChI=1S/C15H13F3N6OS/c16-15(17,18)11-9-26-13(21-11)22-14(25)24-6-4-23(5-7-24)12-10(8-19)2-1-3-20-12/h1-3,9H,4-7H2,(H,21,22,25). The highest BCUT2D eigenvalue weighted by Gasteiger charge is 2.34. The quantitative estimate of drug-likeness (QED) is 0.863. The molecule has 1 fully saturated rings. The number of rotatable bonds is 2. The predicted molar refractivity (Wildman–Crippen MR) is 88.9 cm³/mol. The average Bonchev–Trinajstić information content (AvgIpc) is 3.10. The van der Waals surface area contributed by atoms with Crippen molar-refractivity contribution in [1.82, 2.24) is 14.9 Å². The molecule has 1 saturated heterocycles. The van der Waals surface area contributed by atoms with Crippen LogP contribution in [-0.2, 0) is 6.18 Å². The van der Waals surface area contributed by atoms with Gasteiger partial charge >= 0.3 is 12.2 Å². The second-order valence-electron chi connectivity index (χ2n) is 5.43. The minimum atomic E-state index is -4.54.